The van der Waals surface area contributed by atoms with Crippen molar-refractivity contribution in [1.29, 1.82) is 0 Å². The van der Waals surface area contributed by atoms with Crippen molar-refractivity contribution < 1.29 is 14.6 Å². The van der Waals surface area contributed by atoms with Crippen molar-refractivity contribution in [2.24, 2.45) is 11.8 Å². The first-order valence-electron chi connectivity index (χ1n) is 9.52. The molecule has 3 aromatic rings. The summed E-state index contributed by atoms with van der Waals surface area (Å²) in [5.74, 6) is 0.578. The van der Waals surface area contributed by atoms with Crippen LogP contribution in [0.25, 0.3) is 11.0 Å². The Morgan fingerprint density at radius 3 is 2.82 bits per heavy atom. The van der Waals surface area contributed by atoms with Crippen molar-refractivity contribution in [3.05, 3.63) is 41.7 Å². The number of anilines is 1. The highest BCUT2D eigenvalue weighted by Gasteiger charge is 2.43. The third kappa shape index (κ3) is 2.87. The molecule has 2 aliphatic rings. The number of hydrogen-bond acceptors (Lipinski definition) is 7. The Kier molecular flexibility index (Phi) is 4.32. The predicted octanol–water partition coefficient (Wildman–Crippen LogP) is 2.73. The van der Waals surface area contributed by atoms with E-state index in [2.05, 4.69) is 25.5 Å². The summed E-state index contributed by atoms with van der Waals surface area (Å²) in [6, 6.07) is 8.10. The van der Waals surface area contributed by atoms with Crippen molar-refractivity contribution >= 4 is 33.5 Å². The van der Waals surface area contributed by atoms with Crippen molar-refractivity contribution in [3.63, 3.8) is 0 Å². The zero-order chi connectivity index (χ0) is 19.3. The van der Waals surface area contributed by atoms with Gasteiger partial charge in [-0.3, -0.25) is 0 Å². The maximum absolute atomic E-state index is 11.7. The lowest BCUT2D eigenvalue weighted by Gasteiger charge is -2.36. The van der Waals surface area contributed by atoms with Gasteiger partial charge in [-0.1, -0.05) is 23.5 Å². The Hall–Kier alpha value is -2.45. The summed E-state index contributed by atoms with van der Waals surface area (Å²) in [5, 5.41) is 11.7. The zero-order valence-corrected chi connectivity index (χ0v) is 16.4. The number of esters is 1. The van der Waals surface area contributed by atoms with E-state index in [1.54, 1.807) is 6.20 Å². The van der Waals surface area contributed by atoms with Gasteiger partial charge in [0.25, 0.3) is 0 Å². The number of aliphatic hydroxyl groups is 1. The molecule has 1 aliphatic heterocycles. The van der Waals surface area contributed by atoms with Crippen LogP contribution in [-0.4, -0.2) is 51.9 Å². The van der Waals surface area contributed by atoms with Gasteiger partial charge in [0.1, 0.15) is 4.88 Å². The van der Waals surface area contributed by atoms with Crippen LogP contribution >= 0.6 is 11.3 Å². The monoisotopic (exact) mass is 398 g/mol. The Morgan fingerprint density at radius 2 is 2.00 bits per heavy atom. The van der Waals surface area contributed by atoms with Gasteiger partial charge in [-0.15, -0.1) is 0 Å². The normalized spacial score (nSPS) is 27.1. The summed E-state index contributed by atoms with van der Waals surface area (Å²) in [6.07, 6.45) is 4.74. The quantitative estimate of drug-likeness (QED) is 0.684. The van der Waals surface area contributed by atoms with Crippen LogP contribution in [0.2, 0.25) is 0 Å². The second kappa shape index (κ2) is 6.86. The van der Waals surface area contributed by atoms with Gasteiger partial charge in [-0.25, -0.2) is 14.8 Å². The van der Waals surface area contributed by atoms with Gasteiger partial charge >= 0.3 is 5.97 Å². The highest BCUT2D eigenvalue weighted by molar-refractivity contribution is 7.17. The summed E-state index contributed by atoms with van der Waals surface area (Å²) in [5.41, 5.74) is 2.03. The van der Waals surface area contributed by atoms with Crippen LogP contribution in [-0.2, 0) is 4.74 Å². The third-order valence-corrected chi connectivity index (χ3v) is 7.14. The first-order valence-corrected chi connectivity index (χ1v) is 10.3. The molecule has 28 heavy (non-hydrogen) atoms. The molecule has 1 saturated carbocycles. The molecular formula is C20H22N4O3S. The smallest absolute Gasteiger partial charge is 0.349 e. The van der Waals surface area contributed by atoms with Gasteiger partial charge in [0.15, 0.2) is 5.13 Å². The number of nitrogens with zero attached hydrogens (tertiary/aromatic N) is 4. The van der Waals surface area contributed by atoms with Crippen molar-refractivity contribution in [2.45, 2.75) is 25.0 Å². The summed E-state index contributed by atoms with van der Waals surface area (Å²) >= 11 is 1.37. The minimum Gasteiger partial charge on any atom is -0.465 e. The number of methoxy groups -OCH3 is 1. The molecule has 0 spiro atoms. The number of imidazole rings is 1. The minimum absolute atomic E-state index is 0.0375. The van der Waals surface area contributed by atoms with E-state index in [4.69, 9.17) is 4.74 Å². The standard InChI is InChI=1S/C20H22N4O3S/c1-27-19(26)18-8-21-20(28-18)23-9-12-6-16(17(25)7-13(12)10-23)24-11-22-14-4-2-3-5-15(14)24/h2-5,8,11-13,16-17,25H,6-7,9-10H2,1H3/t12-,13+,16-,17-/m1/s1. The molecule has 1 saturated heterocycles. The number of ether oxygens (including phenoxy) is 1. The minimum atomic E-state index is -0.388. The molecule has 0 radical (unpaired) electrons. The Bertz CT molecular complexity index is 1020. The zero-order valence-electron chi connectivity index (χ0n) is 15.6. The number of aromatic nitrogens is 3. The number of thiazole rings is 1. The Balaban J connectivity index is 1.36. The number of fused-ring (bicyclic) bond motifs is 2. The van der Waals surface area contributed by atoms with Gasteiger partial charge in [0, 0.05) is 13.1 Å². The number of aliphatic hydroxyl groups excluding tert-OH is 1. The molecule has 3 heterocycles. The first-order chi connectivity index (χ1) is 13.6. The Labute approximate surface area is 166 Å². The second-order valence-corrected chi connectivity index (χ2v) is 8.68. The van der Waals surface area contributed by atoms with Gasteiger partial charge in [0.2, 0.25) is 0 Å². The van der Waals surface area contributed by atoms with Crippen molar-refractivity contribution in [3.8, 4) is 0 Å². The molecule has 4 atom stereocenters. The van der Waals surface area contributed by atoms with Gasteiger partial charge in [-0.2, -0.15) is 0 Å². The lowest BCUT2D eigenvalue weighted by Crippen LogP contribution is -2.36. The van der Waals surface area contributed by atoms with Crippen LogP contribution in [0.4, 0.5) is 5.13 Å². The van der Waals surface area contributed by atoms with E-state index in [9.17, 15) is 9.90 Å². The predicted molar refractivity (Wildman–Crippen MR) is 107 cm³/mol. The van der Waals surface area contributed by atoms with Crippen molar-refractivity contribution in [2.75, 3.05) is 25.1 Å². The fraction of sp³-hybridized carbons (Fsp3) is 0.450. The van der Waals surface area contributed by atoms with Crippen LogP contribution in [0.1, 0.15) is 28.6 Å². The molecule has 2 aromatic heterocycles. The molecule has 7 nitrogen and oxygen atoms in total. The molecule has 2 fully saturated rings. The second-order valence-electron chi connectivity index (χ2n) is 7.67. The number of hydrogen-bond donors (Lipinski definition) is 1. The number of para-hydroxylation sites is 2. The largest absolute Gasteiger partial charge is 0.465 e. The lowest BCUT2D eigenvalue weighted by atomic mass is 9.77. The van der Waals surface area contributed by atoms with Gasteiger partial charge in [-0.05, 0) is 36.8 Å². The molecule has 1 aromatic carbocycles. The molecular weight excluding hydrogens is 376 g/mol. The molecule has 146 valence electrons. The molecule has 0 bridgehead atoms. The van der Waals surface area contributed by atoms with E-state index in [1.165, 1.54) is 18.4 Å². The molecule has 5 rings (SSSR count). The average Bonchev–Trinajstić information content (AvgIpc) is 3.43. The van der Waals surface area contributed by atoms with E-state index in [0.717, 1.165) is 42.1 Å². The summed E-state index contributed by atoms with van der Waals surface area (Å²) in [7, 11) is 1.38. The van der Waals surface area contributed by atoms with E-state index in [0.29, 0.717) is 16.7 Å². The lowest BCUT2D eigenvalue weighted by molar-refractivity contribution is 0.0375. The Morgan fingerprint density at radius 1 is 1.21 bits per heavy atom. The fourth-order valence-electron chi connectivity index (χ4n) is 4.71. The molecule has 8 heteroatoms. The number of rotatable bonds is 3. The summed E-state index contributed by atoms with van der Waals surface area (Å²) < 4.78 is 6.92. The van der Waals surface area contributed by atoms with Crippen molar-refractivity contribution in [1.82, 2.24) is 14.5 Å². The summed E-state index contributed by atoms with van der Waals surface area (Å²) in [6.45, 7) is 1.77. The van der Waals surface area contributed by atoms with Gasteiger partial charge in [0.05, 0.1) is 42.8 Å². The van der Waals surface area contributed by atoms with Crippen LogP contribution in [0.15, 0.2) is 36.8 Å². The maximum atomic E-state index is 11.7. The SMILES string of the molecule is COC(=O)c1cnc(N2C[C@H]3C[C@@H](n4cnc5ccccc54)[C@H](O)C[C@H]3C2)s1. The number of benzene rings is 1. The fourth-order valence-corrected chi connectivity index (χ4v) is 5.56. The van der Waals surface area contributed by atoms with Crippen LogP contribution < -0.4 is 4.90 Å². The van der Waals surface area contributed by atoms with E-state index < -0.39 is 0 Å². The van der Waals surface area contributed by atoms with Gasteiger partial charge < -0.3 is 19.3 Å². The first kappa shape index (κ1) is 17.6. The van der Waals surface area contributed by atoms with E-state index >= 15 is 0 Å². The molecule has 0 amide bonds. The maximum Gasteiger partial charge on any atom is 0.349 e. The molecule has 1 aliphatic carbocycles. The highest BCUT2D eigenvalue weighted by atomic mass is 32.1. The molecule has 1 N–H and O–H groups in total. The summed E-state index contributed by atoms with van der Waals surface area (Å²) in [4.78, 5) is 23.4. The van der Waals surface area contributed by atoms with Crippen LogP contribution in [0.3, 0.4) is 0 Å². The number of carbonyl (C=O) groups excluding carboxylic acids is 1. The van der Waals surface area contributed by atoms with Crippen LogP contribution in [0, 0.1) is 11.8 Å². The topological polar surface area (TPSA) is 80.5 Å². The number of carbonyl (C=O) groups is 1. The third-order valence-electron chi connectivity index (χ3n) is 6.10. The van der Waals surface area contributed by atoms with E-state index in [-0.39, 0.29) is 18.1 Å². The van der Waals surface area contributed by atoms with Crippen LogP contribution in [0.5, 0.6) is 0 Å². The molecule has 0 unspecified atom stereocenters. The van der Waals surface area contributed by atoms with E-state index in [1.807, 2.05) is 24.5 Å². The highest BCUT2D eigenvalue weighted by Crippen LogP contribution is 2.43. The average molecular weight is 398 g/mol.